The number of fused-ring (bicyclic) bond motifs is 1. The zero-order chi connectivity index (χ0) is 17.8. The molecule has 0 saturated heterocycles. The third-order valence-electron chi connectivity index (χ3n) is 4.28. The van der Waals surface area contributed by atoms with Gasteiger partial charge in [0.2, 0.25) is 0 Å². The maximum atomic E-state index is 5.57. The predicted octanol–water partition coefficient (Wildman–Crippen LogP) is 4.96. The number of para-hydroxylation sites is 1. The molecular formula is C22H26N2O. The quantitative estimate of drug-likeness (QED) is 0.691. The number of hydrogen-bond donors (Lipinski definition) is 1. The molecule has 0 spiro atoms. The van der Waals surface area contributed by atoms with Crippen molar-refractivity contribution in [2.24, 2.45) is 5.92 Å². The summed E-state index contributed by atoms with van der Waals surface area (Å²) in [6, 6.07) is 16.7. The van der Waals surface area contributed by atoms with Crippen LogP contribution in [0.1, 0.15) is 25.0 Å². The van der Waals surface area contributed by atoms with Gasteiger partial charge in [-0.15, -0.1) is 0 Å². The summed E-state index contributed by atoms with van der Waals surface area (Å²) < 4.78 is 5.57. The van der Waals surface area contributed by atoms with Crippen LogP contribution in [0.25, 0.3) is 22.2 Å². The van der Waals surface area contributed by atoms with Crippen molar-refractivity contribution in [3.63, 3.8) is 0 Å². The SMILES string of the molecule is COc1ccccc1-c1nc2ccc(C)cc2cc1CNCC(C)C. The Morgan fingerprint density at radius 2 is 1.88 bits per heavy atom. The van der Waals surface area contributed by atoms with Crippen LogP contribution in [0.4, 0.5) is 0 Å². The average molecular weight is 334 g/mol. The van der Waals surface area contributed by atoms with Gasteiger partial charge in [0.25, 0.3) is 0 Å². The van der Waals surface area contributed by atoms with Crippen LogP contribution < -0.4 is 10.1 Å². The first-order valence-electron chi connectivity index (χ1n) is 8.83. The van der Waals surface area contributed by atoms with Crippen LogP contribution in [0, 0.1) is 12.8 Å². The maximum absolute atomic E-state index is 5.57. The van der Waals surface area contributed by atoms with Crippen molar-refractivity contribution in [1.82, 2.24) is 10.3 Å². The minimum absolute atomic E-state index is 0.616. The molecule has 3 nitrogen and oxygen atoms in total. The van der Waals surface area contributed by atoms with Crippen molar-refractivity contribution in [3.8, 4) is 17.0 Å². The van der Waals surface area contributed by atoms with Gasteiger partial charge in [0.05, 0.1) is 18.3 Å². The van der Waals surface area contributed by atoms with Crippen molar-refractivity contribution < 1.29 is 4.74 Å². The van der Waals surface area contributed by atoms with Crippen LogP contribution in [-0.4, -0.2) is 18.6 Å². The fourth-order valence-electron chi connectivity index (χ4n) is 3.04. The Labute approximate surface area is 150 Å². The van der Waals surface area contributed by atoms with Gasteiger partial charge in [-0.3, -0.25) is 0 Å². The number of rotatable bonds is 6. The van der Waals surface area contributed by atoms with Gasteiger partial charge >= 0.3 is 0 Å². The topological polar surface area (TPSA) is 34.1 Å². The standard InChI is InChI=1S/C22H26N2O/c1-15(2)13-23-14-18-12-17-11-16(3)9-10-20(17)24-22(18)19-7-5-6-8-21(19)25-4/h5-12,15,23H,13-14H2,1-4H3. The second-order valence-corrected chi connectivity index (χ2v) is 6.92. The average Bonchev–Trinajstić information content (AvgIpc) is 2.60. The molecule has 0 aliphatic rings. The molecule has 0 radical (unpaired) electrons. The number of ether oxygens (including phenoxy) is 1. The molecule has 2 aromatic carbocycles. The van der Waals surface area contributed by atoms with Crippen molar-refractivity contribution in [3.05, 3.63) is 59.7 Å². The Kier molecular flexibility index (Phi) is 5.34. The lowest BCUT2D eigenvalue weighted by Crippen LogP contribution is -2.19. The van der Waals surface area contributed by atoms with E-state index >= 15 is 0 Å². The molecule has 0 aliphatic carbocycles. The van der Waals surface area contributed by atoms with Gasteiger partial charge in [-0.25, -0.2) is 4.98 Å². The summed E-state index contributed by atoms with van der Waals surface area (Å²) in [5.74, 6) is 1.47. The minimum atomic E-state index is 0.616. The smallest absolute Gasteiger partial charge is 0.128 e. The van der Waals surface area contributed by atoms with E-state index in [0.29, 0.717) is 5.92 Å². The molecule has 0 unspecified atom stereocenters. The summed E-state index contributed by atoms with van der Waals surface area (Å²) >= 11 is 0. The monoisotopic (exact) mass is 334 g/mol. The van der Waals surface area contributed by atoms with E-state index in [1.165, 1.54) is 16.5 Å². The maximum Gasteiger partial charge on any atom is 0.128 e. The molecule has 25 heavy (non-hydrogen) atoms. The minimum Gasteiger partial charge on any atom is -0.496 e. The normalized spacial score (nSPS) is 11.2. The van der Waals surface area contributed by atoms with Gasteiger partial charge in [-0.1, -0.05) is 37.6 Å². The van der Waals surface area contributed by atoms with E-state index in [1.807, 2.05) is 18.2 Å². The molecule has 130 valence electrons. The van der Waals surface area contributed by atoms with Gasteiger partial charge in [0, 0.05) is 17.5 Å². The van der Waals surface area contributed by atoms with E-state index in [2.05, 4.69) is 56.4 Å². The number of benzene rings is 2. The first kappa shape index (κ1) is 17.4. The lowest BCUT2D eigenvalue weighted by atomic mass is 10.0. The number of pyridine rings is 1. The van der Waals surface area contributed by atoms with Gasteiger partial charge in [0.1, 0.15) is 5.75 Å². The molecule has 0 aliphatic heterocycles. The largest absolute Gasteiger partial charge is 0.496 e. The molecule has 3 aromatic rings. The molecule has 0 amide bonds. The third kappa shape index (κ3) is 3.99. The van der Waals surface area contributed by atoms with Gasteiger partial charge in [0.15, 0.2) is 0 Å². The van der Waals surface area contributed by atoms with E-state index in [4.69, 9.17) is 9.72 Å². The van der Waals surface area contributed by atoms with Crippen molar-refractivity contribution >= 4 is 10.9 Å². The summed E-state index contributed by atoms with van der Waals surface area (Å²) in [6.45, 7) is 8.33. The van der Waals surface area contributed by atoms with Crippen molar-refractivity contribution in [2.75, 3.05) is 13.7 Å². The molecule has 0 bridgehead atoms. The van der Waals surface area contributed by atoms with Crippen LogP contribution >= 0.6 is 0 Å². The number of aryl methyl sites for hydroxylation is 1. The van der Waals surface area contributed by atoms with Gasteiger partial charge < -0.3 is 10.1 Å². The van der Waals surface area contributed by atoms with Gasteiger partial charge in [-0.2, -0.15) is 0 Å². The molecule has 0 saturated carbocycles. The third-order valence-corrected chi connectivity index (χ3v) is 4.28. The molecule has 0 atom stereocenters. The summed E-state index contributed by atoms with van der Waals surface area (Å²) in [7, 11) is 1.71. The van der Waals surface area contributed by atoms with Crippen LogP contribution in [0.5, 0.6) is 5.75 Å². The molecule has 3 heteroatoms. The lowest BCUT2D eigenvalue weighted by molar-refractivity contribution is 0.416. The number of methoxy groups -OCH3 is 1. The molecule has 1 heterocycles. The van der Waals surface area contributed by atoms with E-state index in [9.17, 15) is 0 Å². The van der Waals surface area contributed by atoms with Crippen molar-refractivity contribution in [1.29, 1.82) is 0 Å². The van der Waals surface area contributed by atoms with Crippen molar-refractivity contribution in [2.45, 2.75) is 27.3 Å². The van der Waals surface area contributed by atoms with Crippen LogP contribution in [0.3, 0.4) is 0 Å². The van der Waals surface area contributed by atoms with Crippen LogP contribution in [0.15, 0.2) is 48.5 Å². The number of hydrogen-bond acceptors (Lipinski definition) is 3. The molecule has 0 fully saturated rings. The van der Waals surface area contributed by atoms with E-state index in [1.54, 1.807) is 7.11 Å². The first-order chi connectivity index (χ1) is 12.1. The first-order valence-corrected chi connectivity index (χ1v) is 8.83. The Bertz CT molecular complexity index is 871. The number of nitrogens with one attached hydrogen (secondary N) is 1. The second-order valence-electron chi connectivity index (χ2n) is 6.92. The van der Waals surface area contributed by atoms with E-state index in [0.717, 1.165) is 35.6 Å². The summed E-state index contributed by atoms with van der Waals surface area (Å²) in [5.41, 5.74) is 5.49. The van der Waals surface area contributed by atoms with Crippen LogP contribution in [0.2, 0.25) is 0 Å². The Morgan fingerprint density at radius 1 is 1.08 bits per heavy atom. The zero-order valence-electron chi connectivity index (χ0n) is 15.5. The summed E-state index contributed by atoms with van der Waals surface area (Å²) in [6.07, 6.45) is 0. The summed E-state index contributed by atoms with van der Waals surface area (Å²) in [4.78, 5) is 4.97. The Balaban J connectivity index is 2.11. The summed E-state index contributed by atoms with van der Waals surface area (Å²) in [5, 5.41) is 4.73. The van der Waals surface area contributed by atoms with E-state index in [-0.39, 0.29) is 0 Å². The number of nitrogens with zero attached hydrogens (tertiary/aromatic N) is 1. The molecular weight excluding hydrogens is 308 g/mol. The van der Waals surface area contributed by atoms with Gasteiger partial charge in [-0.05, 0) is 55.3 Å². The van der Waals surface area contributed by atoms with Crippen LogP contribution in [-0.2, 0) is 6.54 Å². The highest BCUT2D eigenvalue weighted by Gasteiger charge is 2.13. The highest BCUT2D eigenvalue weighted by Crippen LogP contribution is 2.32. The number of aromatic nitrogens is 1. The Hall–Kier alpha value is -2.39. The fraction of sp³-hybridized carbons (Fsp3) is 0.318. The lowest BCUT2D eigenvalue weighted by Gasteiger charge is -2.15. The predicted molar refractivity (Wildman–Crippen MR) is 105 cm³/mol. The van der Waals surface area contributed by atoms with E-state index < -0.39 is 0 Å². The highest BCUT2D eigenvalue weighted by molar-refractivity contribution is 5.85. The zero-order valence-corrected chi connectivity index (χ0v) is 15.5. The molecule has 1 aromatic heterocycles. The highest BCUT2D eigenvalue weighted by atomic mass is 16.5. The second kappa shape index (κ2) is 7.66. The molecule has 1 N–H and O–H groups in total. The fourth-order valence-corrected chi connectivity index (χ4v) is 3.04. The Morgan fingerprint density at radius 3 is 2.64 bits per heavy atom. The molecule has 3 rings (SSSR count).